The maximum Gasteiger partial charge on any atom is 0.269 e. The van der Waals surface area contributed by atoms with E-state index >= 15 is 0 Å². The molecule has 16 aromatic rings. The van der Waals surface area contributed by atoms with Crippen molar-refractivity contribution < 1.29 is 29.9 Å². The first kappa shape index (κ1) is 47.8. The maximum absolute atomic E-state index is 10.3. The van der Waals surface area contributed by atoms with E-state index in [1.807, 2.05) is 114 Å². The van der Waals surface area contributed by atoms with E-state index in [0.29, 0.717) is 39.5 Å². The van der Waals surface area contributed by atoms with E-state index in [-0.39, 0.29) is 26.9 Å². The molecule has 7 heteroatoms. The van der Waals surface area contributed by atoms with Crippen molar-refractivity contribution in [2.24, 2.45) is 0 Å². The minimum absolute atomic E-state index is 0.0670. The second-order valence-corrected chi connectivity index (χ2v) is 34.0. The predicted molar refractivity (Wildman–Crippen MR) is 423 cm³/mol. The number of hydrogen-bond donors (Lipinski definition) is 0. The Bertz CT molecular complexity index is 6690. The Balaban J connectivity index is 1.05. The van der Waals surface area contributed by atoms with Gasteiger partial charge in [0.05, 0.1) is 70.7 Å². The molecule has 0 atom stereocenters. The number of imidazole rings is 1. The van der Waals surface area contributed by atoms with Gasteiger partial charge in [-0.15, -0.1) is 0 Å². The summed E-state index contributed by atoms with van der Waals surface area (Å²) in [6.07, 6.45) is 7.64. The van der Waals surface area contributed by atoms with E-state index in [2.05, 4.69) is 162 Å². The number of pyridine rings is 1. The summed E-state index contributed by atoms with van der Waals surface area (Å²) in [5.74, 6) is 1.61. The third-order valence-electron chi connectivity index (χ3n) is 21.4. The minimum Gasteiger partial charge on any atom is -0.458 e. The van der Waals surface area contributed by atoms with Gasteiger partial charge in [-0.1, -0.05) is 269 Å². The molecule has 0 radical (unpaired) electrons. The fraction of sp³-hybridized carbons (Fsp3) is 0.170. The van der Waals surface area contributed by atoms with E-state index in [4.69, 9.17) is 13.8 Å². The van der Waals surface area contributed by atoms with Crippen LogP contribution in [0.1, 0.15) is 125 Å². The molecule has 0 fully saturated rings. The lowest BCUT2D eigenvalue weighted by atomic mass is 9.62. The van der Waals surface area contributed by atoms with Crippen LogP contribution in [0.2, 0.25) is 0 Å². The largest absolute Gasteiger partial charge is 0.458 e. The predicted octanol–water partition coefficient (Wildman–Crippen LogP) is 20.7. The molecule has 18 rings (SSSR count). The molecule has 6 nitrogen and oxygen atoms in total. The molecule has 0 unspecified atom stereocenters. The number of ether oxygens (including phenoxy) is 1. The fourth-order valence-corrected chi connectivity index (χ4v) is 19.9. The van der Waals surface area contributed by atoms with Crippen molar-refractivity contribution in [2.75, 3.05) is 0 Å². The normalized spacial score (nSPS) is 16.2. The first-order chi connectivity index (χ1) is 55.0. The van der Waals surface area contributed by atoms with Crippen LogP contribution in [0.5, 0.6) is 11.5 Å². The molecule has 492 valence electrons. The van der Waals surface area contributed by atoms with Crippen LogP contribution in [0.25, 0.3) is 111 Å². The van der Waals surface area contributed by atoms with Crippen LogP contribution in [0.4, 0.5) is 0 Å². The summed E-state index contributed by atoms with van der Waals surface area (Å²) < 4.78 is 163. The van der Waals surface area contributed by atoms with Gasteiger partial charge in [0, 0.05) is 33.8 Å². The molecule has 0 spiro atoms. The molecule has 0 saturated heterocycles. The molecule has 2 aliphatic rings. The third-order valence-corrected chi connectivity index (χ3v) is 25.6. The molecule has 12 aromatic carbocycles. The van der Waals surface area contributed by atoms with E-state index in [0.717, 1.165) is 107 Å². The minimum atomic E-state index is -5.89. The van der Waals surface area contributed by atoms with Gasteiger partial charge in [0.25, 0.3) is 6.33 Å². The fourth-order valence-electron chi connectivity index (χ4n) is 16.1. The molecule has 0 saturated carbocycles. The van der Waals surface area contributed by atoms with Crippen molar-refractivity contribution in [1.82, 2.24) is 18.7 Å². The van der Waals surface area contributed by atoms with Crippen molar-refractivity contribution in [3.63, 3.8) is 0 Å². The highest BCUT2D eigenvalue weighted by Crippen LogP contribution is 2.53. The Hall–Kier alpha value is -11.1. The summed E-state index contributed by atoms with van der Waals surface area (Å²) in [7, 11) is -5.89. The zero-order valence-electron chi connectivity index (χ0n) is 73.0. The average molecular weight is 1340 g/mol. The monoisotopic (exact) mass is 1340 g/mol. The first-order valence-corrected chi connectivity index (χ1v) is 36.6. The second kappa shape index (κ2) is 23.0. The highest BCUT2D eigenvalue weighted by Gasteiger charge is 2.44. The molecular formula is C94H81N5OSi. The number of para-hydroxylation sites is 3. The Morgan fingerprint density at radius 3 is 1.52 bits per heavy atom. The quantitative estimate of drug-likeness (QED) is 0.0625. The van der Waals surface area contributed by atoms with Gasteiger partial charge in [0.1, 0.15) is 17.3 Å². The van der Waals surface area contributed by atoms with Crippen LogP contribution in [-0.2, 0) is 21.7 Å². The van der Waals surface area contributed by atoms with Gasteiger partial charge in [0.15, 0.2) is 8.07 Å². The summed E-state index contributed by atoms with van der Waals surface area (Å²) in [5.41, 5.74) is 13.7. The number of nitrogens with zero attached hydrogens (tertiary/aromatic N) is 5. The van der Waals surface area contributed by atoms with Crippen molar-refractivity contribution in [1.29, 1.82) is 0 Å². The Kier molecular flexibility index (Phi) is 10.9. The zero-order valence-corrected chi connectivity index (χ0v) is 59.0. The van der Waals surface area contributed by atoms with Gasteiger partial charge < -0.3 is 9.30 Å². The van der Waals surface area contributed by atoms with E-state index in [1.54, 1.807) is 12.1 Å². The summed E-state index contributed by atoms with van der Waals surface area (Å²) in [4.78, 5) is 4.96. The van der Waals surface area contributed by atoms with Crippen molar-refractivity contribution in [2.45, 2.75) is 104 Å². The molecule has 0 N–H and O–H groups in total. The first-order valence-electron chi connectivity index (χ1n) is 42.1. The Morgan fingerprint density at radius 1 is 0.436 bits per heavy atom. The van der Waals surface area contributed by atoms with Crippen LogP contribution in [0.15, 0.2) is 285 Å². The van der Waals surface area contributed by atoms with Crippen molar-refractivity contribution in [3.05, 3.63) is 313 Å². The van der Waals surface area contributed by atoms with E-state index in [1.165, 1.54) is 5.56 Å². The van der Waals surface area contributed by atoms with Crippen LogP contribution in [-0.4, -0.2) is 26.8 Å². The van der Waals surface area contributed by atoms with Crippen LogP contribution < -0.4 is 30.1 Å². The summed E-state index contributed by atoms with van der Waals surface area (Å²) >= 11 is 0. The van der Waals surface area contributed by atoms with Gasteiger partial charge >= 0.3 is 0 Å². The highest BCUT2D eigenvalue weighted by molar-refractivity contribution is 7.20. The Labute approximate surface area is 614 Å². The molecule has 0 bridgehead atoms. The smallest absolute Gasteiger partial charge is 0.269 e. The number of aromatic nitrogens is 5. The molecule has 1 aliphatic heterocycles. The van der Waals surface area contributed by atoms with Crippen molar-refractivity contribution in [3.8, 4) is 67.8 Å². The molecular weight excluding hydrogens is 1240 g/mol. The van der Waals surface area contributed by atoms with Crippen LogP contribution in [0, 0.1) is 6.33 Å². The van der Waals surface area contributed by atoms with Gasteiger partial charge in [-0.25, -0.2) is 4.98 Å². The Morgan fingerprint density at radius 2 is 0.950 bits per heavy atom. The third kappa shape index (κ3) is 9.86. The summed E-state index contributed by atoms with van der Waals surface area (Å²) in [6, 6.07) is 50.3. The molecule has 5 heterocycles. The number of benzene rings is 12. The topological polar surface area (TPSA) is 40.8 Å². The van der Waals surface area contributed by atoms with Crippen LogP contribution in [0.3, 0.4) is 0 Å². The molecule has 0 amide bonds. The lowest BCUT2D eigenvalue weighted by Crippen LogP contribution is -2.74. The lowest BCUT2D eigenvalue weighted by molar-refractivity contribution is -0.571. The second-order valence-electron chi connectivity index (χ2n) is 30.5. The van der Waals surface area contributed by atoms with Crippen LogP contribution >= 0.6 is 0 Å². The summed E-state index contributed by atoms with van der Waals surface area (Å²) in [6.45, 7) is 22.4. The summed E-state index contributed by atoms with van der Waals surface area (Å²) in [5, 5.41) is 2.10. The van der Waals surface area contributed by atoms with Gasteiger partial charge in [-0.05, 0) is 184 Å². The van der Waals surface area contributed by atoms with Gasteiger partial charge in [0.2, 0.25) is 0 Å². The SMILES string of the molecule is [2H]c1c([2H])c([2H])c([Si](c2cc3c4c(c2)n(-c2cccc(Oc5ccc6c7ccccc7n(-c7cc(C(C)(C)C)ccn7)c6c5)c2)[c-][n+]4-c2c(cc(C(C)(C)C)cc2-n2c4ccccc4c4ccccc42)-c2cc4c(cc2-c2ccccc2-3)C(C)(C)CCC4(C)C)(c2c([2H])c([2H])c([2H])c([2H])c2[2H])c2c([2H])c([2H])c([2H])c([2H])c2[2H])c([2H])c1[2H]. The van der Waals surface area contributed by atoms with Gasteiger partial charge in [-0.2, -0.15) is 0 Å². The zero-order chi connectivity index (χ0) is 82.0. The number of hydrogen-bond acceptors (Lipinski definition) is 2. The van der Waals surface area contributed by atoms with E-state index < -0.39 is 120 Å². The van der Waals surface area contributed by atoms with Gasteiger partial charge in [-0.3, -0.25) is 13.7 Å². The molecule has 1 aliphatic carbocycles. The standard InChI is InChI=1S/C94H81N5OSi/c1-91(2,3)61-47-50-95-88(53-61)99-84-44-27-24-41-74(84)75-46-45-65(55-85(75)99)100-64-30-28-29-63(54-64)96-60-97-89-79(56-69(57-86(89)96)101(66-31-14-11-15-32-66,67-33-16-12-17-34-67)68-35-18-13-19-36-68)71-38-21-20-37-70(71)76-58-80-81(94(9,10)49-48-93(80,7)8)59-77(76)78-51-62(92(4,5)6)52-87(90(78)97)98-82-42-25-22-39-72(82)73-40-23-26-43-83(73)98/h11-47,50-59H,48-49H2,1-10H3/i11D,12D,13D,14D,15D,16D,17D,18D,19D,31D,32D,33D,34D,35D,36D. The molecule has 4 aromatic heterocycles. The van der Waals surface area contributed by atoms with Crippen molar-refractivity contribution >= 4 is 83.5 Å². The average Bonchev–Trinajstić information content (AvgIpc) is 1.19. The highest BCUT2D eigenvalue weighted by atomic mass is 28.3. The maximum atomic E-state index is 10.3. The van der Waals surface area contributed by atoms with E-state index in [9.17, 15) is 16.4 Å². The number of rotatable bonds is 9. The number of fused-ring (bicyclic) bond motifs is 14. The lowest BCUT2D eigenvalue weighted by Gasteiger charge is -2.42. The molecule has 101 heavy (non-hydrogen) atoms.